The zero-order chi connectivity index (χ0) is 25.7. The normalized spacial score (nSPS) is 15.1. The van der Waals surface area contributed by atoms with E-state index in [0.717, 1.165) is 43.8 Å². The molecule has 2 heterocycles. The van der Waals surface area contributed by atoms with Gasteiger partial charge in [0.2, 0.25) is 5.76 Å². The Balaban J connectivity index is 1.79. The fourth-order valence-corrected chi connectivity index (χ4v) is 4.83. The molecule has 1 atom stereocenters. The van der Waals surface area contributed by atoms with Gasteiger partial charge < -0.3 is 23.7 Å². The highest BCUT2D eigenvalue weighted by molar-refractivity contribution is 5.99. The third kappa shape index (κ3) is 5.12. The standard InChI is InChI=1S/C29H36N2O5/c1-5-17-35-21-12-9-11-20(18-21)26-25-27(32)23-14-13-22(34-8-4)19-24(23)36-28(25)29(33)31(26)16-10-15-30(6-2)7-3/h9,11-14,18-19,26H,5-8,10,15-17H2,1-4H3. The van der Waals surface area contributed by atoms with Gasteiger partial charge in [-0.3, -0.25) is 9.59 Å². The molecule has 0 saturated heterocycles. The molecule has 7 nitrogen and oxygen atoms in total. The third-order valence-electron chi connectivity index (χ3n) is 6.66. The van der Waals surface area contributed by atoms with Crippen molar-refractivity contribution in [3.05, 3.63) is 69.6 Å². The lowest BCUT2D eigenvalue weighted by Crippen LogP contribution is -2.33. The van der Waals surface area contributed by atoms with Crippen LogP contribution in [0.2, 0.25) is 0 Å². The van der Waals surface area contributed by atoms with Crippen molar-refractivity contribution in [1.29, 1.82) is 0 Å². The van der Waals surface area contributed by atoms with Gasteiger partial charge >= 0.3 is 0 Å². The van der Waals surface area contributed by atoms with Crippen LogP contribution in [-0.2, 0) is 0 Å². The summed E-state index contributed by atoms with van der Waals surface area (Å²) in [6.07, 6.45) is 1.69. The van der Waals surface area contributed by atoms with E-state index in [9.17, 15) is 9.59 Å². The Labute approximate surface area is 212 Å². The van der Waals surface area contributed by atoms with Gasteiger partial charge in [0.25, 0.3) is 5.91 Å². The number of nitrogens with zero attached hydrogens (tertiary/aromatic N) is 2. The van der Waals surface area contributed by atoms with E-state index in [1.165, 1.54) is 0 Å². The largest absolute Gasteiger partial charge is 0.494 e. The number of rotatable bonds is 12. The van der Waals surface area contributed by atoms with Crippen LogP contribution in [0.25, 0.3) is 11.0 Å². The van der Waals surface area contributed by atoms with Gasteiger partial charge in [-0.05, 0) is 69.2 Å². The quantitative estimate of drug-likeness (QED) is 0.344. The second-order valence-corrected chi connectivity index (χ2v) is 8.97. The van der Waals surface area contributed by atoms with E-state index in [2.05, 4.69) is 25.7 Å². The van der Waals surface area contributed by atoms with Crippen molar-refractivity contribution in [2.24, 2.45) is 0 Å². The van der Waals surface area contributed by atoms with E-state index in [1.54, 1.807) is 23.1 Å². The molecule has 0 fully saturated rings. The van der Waals surface area contributed by atoms with Gasteiger partial charge in [0.15, 0.2) is 5.43 Å². The lowest BCUT2D eigenvalue weighted by Gasteiger charge is -2.27. The average molecular weight is 493 g/mol. The van der Waals surface area contributed by atoms with Crippen molar-refractivity contribution in [3.63, 3.8) is 0 Å². The van der Waals surface area contributed by atoms with Gasteiger partial charge in [-0.1, -0.05) is 32.9 Å². The number of carbonyl (C=O) groups is 1. The first kappa shape index (κ1) is 25.8. The summed E-state index contributed by atoms with van der Waals surface area (Å²) in [7, 11) is 0. The number of benzene rings is 2. The van der Waals surface area contributed by atoms with Gasteiger partial charge in [-0.15, -0.1) is 0 Å². The molecular weight excluding hydrogens is 456 g/mol. The zero-order valence-electron chi connectivity index (χ0n) is 21.7. The summed E-state index contributed by atoms with van der Waals surface area (Å²) in [6, 6.07) is 12.3. The molecule has 0 bridgehead atoms. The molecular formula is C29H36N2O5. The molecule has 1 aliphatic rings. The lowest BCUT2D eigenvalue weighted by atomic mass is 9.98. The highest BCUT2D eigenvalue weighted by Gasteiger charge is 2.42. The number of hydrogen-bond acceptors (Lipinski definition) is 6. The van der Waals surface area contributed by atoms with Crippen molar-refractivity contribution >= 4 is 16.9 Å². The Kier molecular flexibility index (Phi) is 8.31. The Bertz CT molecular complexity index is 1260. The second-order valence-electron chi connectivity index (χ2n) is 8.97. The Hall–Kier alpha value is -3.32. The van der Waals surface area contributed by atoms with Crippen molar-refractivity contribution in [2.45, 2.75) is 46.6 Å². The highest BCUT2D eigenvalue weighted by Crippen LogP contribution is 2.39. The summed E-state index contributed by atoms with van der Waals surface area (Å²) in [5.74, 6) is 1.20. The lowest BCUT2D eigenvalue weighted by molar-refractivity contribution is 0.0720. The maximum atomic E-state index is 13.8. The van der Waals surface area contributed by atoms with Gasteiger partial charge in [-0.2, -0.15) is 0 Å². The maximum Gasteiger partial charge on any atom is 0.290 e. The molecule has 0 aliphatic carbocycles. The summed E-state index contributed by atoms with van der Waals surface area (Å²) < 4.78 is 17.6. The molecule has 0 radical (unpaired) electrons. The summed E-state index contributed by atoms with van der Waals surface area (Å²) in [5, 5.41) is 0.443. The van der Waals surface area contributed by atoms with E-state index < -0.39 is 6.04 Å². The van der Waals surface area contributed by atoms with E-state index in [-0.39, 0.29) is 17.1 Å². The first-order valence-electron chi connectivity index (χ1n) is 13.0. The van der Waals surface area contributed by atoms with Gasteiger partial charge in [0.1, 0.15) is 17.1 Å². The Morgan fingerprint density at radius 2 is 1.75 bits per heavy atom. The van der Waals surface area contributed by atoms with Crippen molar-refractivity contribution in [2.75, 3.05) is 39.4 Å². The summed E-state index contributed by atoms with van der Waals surface area (Å²) >= 11 is 0. The molecule has 0 N–H and O–H groups in total. The SMILES string of the molecule is CCCOc1cccc(C2c3c(oc4cc(OCC)ccc4c3=O)C(=O)N2CCCN(CC)CC)c1. The van der Waals surface area contributed by atoms with Crippen LogP contribution in [0.5, 0.6) is 11.5 Å². The number of hydrogen-bond donors (Lipinski definition) is 0. The van der Waals surface area contributed by atoms with Crippen LogP contribution in [0.4, 0.5) is 0 Å². The molecule has 1 amide bonds. The Morgan fingerprint density at radius 1 is 0.972 bits per heavy atom. The fraction of sp³-hybridized carbons (Fsp3) is 0.448. The smallest absolute Gasteiger partial charge is 0.290 e. The zero-order valence-corrected chi connectivity index (χ0v) is 21.7. The van der Waals surface area contributed by atoms with Crippen LogP contribution in [0, 0.1) is 0 Å². The average Bonchev–Trinajstić information content (AvgIpc) is 3.17. The summed E-state index contributed by atoms with van der Waals surface area (Å²) in [6.45, 7) is 12.6. The van der Waals surface area contributed by atoms with Crippen molar-refractivity contribution in [3.8, 4) is 11.5 Å². The molecule has 7 heteroatoms. The predicted molar refractivity (Wildman–Crippen MR) is 141 cm³/mol. The fourth-order valence-electron chi connectivity index (χ4n) is 4.83. The van der Waals surface area contributed by atoms with Crippen LogP contribution in [0.15, 0.2) is 51.7 Å². The maximum absolute atomic E-state index is 13.8. The van der Waals surface area contributed by atoms with Gasteiger partial charge in [0.05, 0.1) is 30.2 Å². The van der Waals surface area contributed by atoms with E-state index in [1.807, 2.05) is 31.2 Å². The topological polar surface area (TPSA) is 72.2 Å². The van der Waals surface area contributed by atoms with Crippen LogP contribution in [0.1, 0.15) is 68.3 Å². The van der Waals surface area contributed by atoms with E-state index in [0.29, 0.717) is 42.0 Å². The molecule has 4 rings (SSSR count). The second kappa shape index (κ2) is 11.6. The number of carbonyl (C=O) groups excluding carboxylic acids is 1. The molecule has 3 aromatic rings. The summed E-state index contributed by atoms with van der Waals surface area (Å²) in [4.78, 5) is 31.6. The van der Waals surface area contributed by atoms with Gasteiger partial charge in [0, 0.05) is 12.6 Å². The molecule has 36 heavy (non-hydrogen) atoms. The molecule has 0 spiro atoms. The van der Waals surface area contributed by atoms with Crippen LogP contribution >= 0.6 is 0 Å². The van der Waals surface area contributed by atoms with Crippen LogP contribution < -0.4 is 14.9 Å². The minimum Gasteiger partial charge on any atom is -0.494 e. The molecule has 1 aliphatic heterocycles. The molecule has 192 valence electrons. The minimum absolute atomic E-state index is 0.119. The first-order valence-corrected chi connectivity index (χ1v) is 13.0. The van der Waals surface area contributed by atoms with E-state index in [4.69, 9.17) is 13.9 Å². The molecule has 2 aromatic carbocycles. The van der Waals surface area contributed by atoms with Crippen LogP contribution in [-0.4, -0.2) is 55.1 Å². The predicted octanol–water partition coefficient (Wildman–Crippen LogP) is 5.26. The number of ether oxygens (including phenoxy) is 2. The number of amides is 1. The third-order valence-corrected chi connectivity index (χ3v) is 6.66. The molecule has 1 unspecified atom stereocenters. The van der Waals surface area contributed by atoms with E-state index >= 15 is 0 Å². The number of fused-ring (bicyclic) bond motifs is 2. The minimum atomic E-state index is -0.526. The Morgan fingerprint density at radius 3 is 2.47 bits per heavy atom. The highest BCUT2D eigenvalue weighted by atomic mass is 16.5. The van der Waals surface area contributed by atoms with Gasteiger partial charge in [-0.25, -0.2) is 0 Å². The van der Waals surface area contributed by atoms with Crippen molar-refractivity contribution in [1.82, 2.24) is 9.80 Å². The van der Waals surface area contributed by atoms with Crippen LogP contribution in [0.3, 0.4) is 0 Å². The molecule has 1 aromatic heterocycles. The molecule has 0 saturated carbocycles. The monoisotopic (exact) mass is 492 g/mol. The summed E-state index contributed by atoms with van der Waals surface area (Å²) in [5.41, 5.74) is 1.42. The van der Waals surface area contributed by atoms with Crippen molar-refractivity contribution < 1.29 is 18.7 Å². The first-order chi connectivity index (χ1) is 17.5.